The van der Waals surface area contributed by atoms with Crippen molar-refractivity contribution in [3.8, 4) is 0 Å². The maximum absolute atomic E-state index is 12.2. The smallest absolute Gasteiger partial charge is 0.317 e. The molecule has 0 bridgehead atoms. The number of benzene rings is 1. The molecule has 0 aliphatic heterocycles. The number of halogens is 1. The Hall–Kier alpha value is -2.12. The van der Waals surface area contributed by atoms with Gasteiger partial charge in [-0.15, -0.1) is 0 Å². The van der Waals surface area contributed by atoms with Gasteiger partial charge in [-0.25, -0.2) is 9.97 Å². The van der Waals surface area contributed by atoms with Gasteiger partial charge in [-0.3, -0.25) is 9.59 Å². The lowest BCUT2D eigenvalue weighted by Gasteiger charge is -2.14. The molecule has 26 heavy (non-hydrogen) atoms. The van der Waals surface area contributed by atoms with Gasteiger partial charge in [0.15, 0.2) is 11.3 Å². The summed E-state index contributed by atoms with van der Waals surface area (Å²) in [5.41, 5.74) is 3.11. The summed E-state index contributed by atoms with van der Waals surface area (Å²) in [6.45, 7) is 7.09. The molecule has 0 aliphatic rings. The van der Waals surface area contributed by atoms with Gasteiger partial charge in [-0.1, -0.05) is 29.4 Å². The zero-order chi connectivity index (χ0) is 19.3. The molecule has 0 fully saturated rings. The lowest BCUT2D eigenvalue weighted by Crippen LogP contribution is -2.30. The number of esters is 1. The van der Waals surface area contributed by atoms with Gasteiger partial charge >= 0.3 is 5.97 Å². The van der Waals surface area contributed by atoms with Gasteiger partial charge in [-0.05, 0) is 51.5 Å². The van der Waals surface area contributed by atoms with Crippen molar-refractivity contribution < 1.29 is 14.3 Å². The summed E-state index contributed by atoms with van der Waals surface area (Å²) in [6.07, 6.45) is -0.929. The number of aromatic nitrogens is 2. The number of ether oxygens (including phenoxy) is 1. The van der Waals surface area contributed by atoms with Crippen LogP contribution in [0, 0.1) is 20.8 Å². The molecule has 0 spiro atoms. The average Bonchev–Trinajstić information content (AvgIpc) is 2.55. The van der Waals surface area contributed by atoms with E-state index in [4.69, 9.17) is 16.3 Å². The van der Waals surface area contributed by atoms with Crippen molar-refractivity contribution in [2.75, 3.05) is 11.1 Å². The van der Waals surface area contributed by atoms with Gasteiger partial charge in [0, 0.05) is 22.1 Å². The van der Waals surface area contributed by atoms with Gasteiger partial charge in [-0.2, -0.15) is 0 Å². The van der Waals surface area contributed by atoms with E-state index < -0.39 is 18.0 Å². The number of carbonyl (C=O) groups excluding carboxylic acids is 2. The first kappa shape index (κ1) is 20.2. The second-order valence-corrected chi connectivity index (χ2v) is 7.18. The minimum absolute atomic E-state index is 0.0245. The van der Waals surface area contributed by atoms with Crippen molar-refractivity contribution in [3.05, 3.63) is 46.2 Å². The van der Waals surface area contributed by atoms with Crippen LogP contribution in [-0.2, 0) is 14.3 Å². The summed E-state index contributed by atoms with van der Waals surface area (Å²) in [5.74, 6) is -0.906. The molecule has 138 valence electrons. The molecular formula is C18H20ClN3O3S. The van der Waals surface area contributed by atoms with Crippen LogP contribution in [0.2, 0.25) is 5.02 Å². The molecule has 0 saturated heterocycles. The first-order valence-corrected chi connectivity index (χ1v) is 9.32. The molecule has 0 unspecified atom stereocenters. The van der Waals surface area contributed by atoms with Crippen molar-refractivity contribution in [1.82, 2.24) is 9.97 Å². The molecule has 1 aromatic carbocycles. The van der Waals surface area contributed by atoms with Gasteiger partial charge < -0.3 is 10.1 Å². The number of nitrogens with zero attached hydrogens (tertiary/aromatic N) is 2. The summed E-state index contributed by atoms with van der Waals surface area (Å²) < 4.78 is 5.18. The molecule has 0 saturated carbocycles. The lowest BCUT2D eigenvalue weighted by atomic mass is 10.2. The van der Waals surface area contributed by atoms with Crippen molar-refractivity contribution in [3.63, 3.8) is 0 Å². The van der Waals surface area contributed by atoms with Crippen LogP contribution in [-0.4, -0.2) is 33.7 Å². The highest BCUT2D eigenvalue weighted by Crippen LogP contribution is 2.20. The normalized spacial score (nSPS) is 11.7. The fraction of sp³-hybridized carbons (Fsp3) is 0.333. The van der Waals surface area contributed by atoms with E-state index in [9.17, 15) is 9.59 Å². The summed E-state index contributed by atoms with van der Waals surface area (Å²) in [4.78, 5) is 32.7. The molecule has 1 amide bonds. The van der Waals surface area contributed by atoms with Gasteiger partial charge in [0.25, 0.3) is 5.91 Å². The van der Waals surface area contributed by atoms with E-state index in [-0.39, 0.29) is 5.75 Å². The number of amides is 1. The maximum Gasteiger partial charge on any atom is 0.317 e. The van der Waals surface area contributed by atoms with Crippen LogP contribution >= 0.6 is 23.4 Å². The molecule has 2 aromatic rings. The molecule has 1 heterocycles. The summed E-state index contributed by atoms with van der Waals surface area (Å²) in [6, 6.07) is 7.04. The molecule has 1 atom stereocenters. The zero-order valence-corrected chi connectivity index (χ0v) is 16.6. The van der Waals surface area contributed by atoms with Gasteiger partial charge in [0.2, 0.25) is 0 Å². The van der Waals surface area contributed by atoms with Gasteiger partial charge in [0.1, 0.15) is 0 Å². The van der Waals surface area contributed by atoms with Crippen molar-refractivity contribution in [2.45, 2.75) is 39.0 Å². The average molecular weight is 394 g/mol. The molecule has 0 aliphatic carbocycles. The van der Waals surface area contributed by atoms with Crippen molar-refractivity contribution >= 4 is 40.9 Å². The largest absolute Gasteiger partial charge is 0.452 e. The number of hydrogen-bond donors (Lipinski definition) is 1. The Morgan fingerprint density at radius 3 is 2.50 bits per heavy atom. The van der Waals surface area contributed by atoms with Crippen molar-refractivity contribution in [2.24, 2.45) is 0 Å². The van der Waals surface area contributed by atoms with E-state index in [1.54, 1.807) is 18.2 Å². The van der Waals surface area contributed by atoms with E-state index in [1.165, 1.54) is 18.7 Å². The molecule has 6 nitrogen and oxygen atoms in total. The highest BCUT2D eigenvalue weighted by Gasteiger charge is 2.19. The molecule has 1 aromatic heterocycles. The quantitative estimate of drug-likeness (QED) is 0.457. The summed E-state index contributed by atoms with van der Waals surface area (Å²) >= 11 is 7.11. The first-order chi connectivity index (χ1) is 12.2. The highest BCUT2D eigenvalue weighted by atomic mass is 35.5. The van der Waals surface area contributed by atoms with Crippen molar-refractivity contribution in [1.29, 1.82) is 0 Å². The number of rotatable bonds is 6. The van der Waals surface area contributed by atoms with E-state index >= 15 is 0 Å². The number of hydrogen-bond acceptors (Lipinski definition) is 6. The van der Waals surface area contributed by atoms with E-state index in [0.29, 0.717) is 15.9 Å². The van der Waals surface area contributed by atoms with Crippen LogP contribution in [0.25, 0.3) is 0 Å². The minimum Gasteiger partial charge on any atom is -0.452 e. The SMILES string of the molecule is Cc1cc(C)nc(SCC(=O)O[C@@H](C)C(=O)Nc2cc(Cl)ccc2C)n1. The molecule has 1 N–H and O–H groups in total. The van der Waals surface area contributed by atoms with Crippen LogP contribution in [0.5, 0.6) is 0 Å². The number of anilines is 1. The molecule has 2 rings (SSSR count). The minimum atomic E-state index is -0.929. The zero-order valence-electron chi connectivity index (χ0n) is 15.0. The third-order valence-electron chi connectivity index (χ3n) is 3.42. The van der Waals surface area contributed by atoms with E-state index in [1.807, 2.05) is 26.8 Å². The topological polar surface area (TPSA) is 81.2 Å². The Morgan fingerprint density at radius 1 is 1.19 bits per heavy atom. The van der Waals surface area contributed by atoms with Crippen LogP contribution in [0.15, 0.2) is 29.4 Å². The monoisotopic (exact) mass is 393 g/mol. The Bertz CT molecular complexity index is 809. The summed E-state index contributed by atoms with van der Waals surface area (Å²) in [7, 11) is 0. The third-order valence-corrected chi connectivity index (χ3v) is 4.47. The number of nitrogens with one attached hydrogen (secondary N) is 1. The number of thioether (sulfide) groups is 1. The number of aryl methyl sites for hydroxylation is 3. The van der Waals surface area contributed by atoms with Crippen LogP contribution in [0.4, 0.5) is 5.69 Å². The fourth-order valence-corrected chi connectivity index (χ4v) is 3.03. The van der Waals surface area contributed by atoms with E-state index in [0.717, 1.165) is 17.0 Å². The predicted octanol–water partition coefficient (Wildman–Crippen LogP) is 3.72. The fourth-order valence-electron chi connectivity index (χ4n) is 2.13. The van der Waals surface area contributed by atoms with E-state index in [2.05, 4.69) is 15.3 Å². The van der Waals surface area contributed by atoms with Gasteiger partial charge in [0.05, 0.1) is 5.75 Å². The molecule has 8 heteroatoms. The number of carbonyl (C=O) groups is 2. The second kappa shape index (κ2) is 9.00. The Kier molecular flexibility index (Phi) is 6.99. The Labute approximate surface area is 161 Å². The predicted molar refractivity (Wildman–Crippen MR) is 103 cm³/mol. The van der Waals surface area contributed by atoms with Crippen LogP contribution in [0.1, 0.15) is 23.9 Å². The molecule has 0 radical (unpaired) electrons. The Balaban J connectivity index is 1.87. The highest BCUT2D eigenvalue weighted by molar-refractivity contribution is 7.99. The van der Waals surface area contributed by atoms with Crippen LogP contribution < -0.4 is 5.32 Å². The molecular weight excluding hydrogens is 374 g/mol. The third kappa shape index (κ3) is 6.00. The first-order valence-electron chi connectivity index (χ1n) is 7.96. The maximum atomic E-state index is 12.2. The second-order valence-electron chi connectivity index (χ2n) is 5.80. The summed E-state index contributed by atoms with van der Waals surface area (Å²) in [5, 5.41) is 3.73. The standard InChI is InChI=1S/C18H20ClN3O3S/c1-10-5-6-14(19)8-15(10)22-17(24)13(4)25-16(23)9-26-18-20-11(2)7-12(3)21-18/h5-8,13H,9H2,1-4H3,(H,22,24)/t13-/m0/s1. The van der Waals surface area contributed by atoms with Crippen LogP contribution in [0.3, 0.4) is 0 Å². The lowest BCUT2D eigenvalue weighted by molar-refractivity contribution is -0.150. The Morgan fingerprint density at radius 2 is 1.85 bits per heavy atom.